The zero-order valence-electron chi connectivity index (χ0n) is 9.66. The van der Waals surface area contributed by atoms with Crippen molar-refractivity contribution in [1.29, 1.82) is 0 Å². The number of rotatable bonds is 4. The van der Waals surface area contributed by atoms with Crippen LogP contribution < -0.4 is 0 Å². The Labute approximate surface area is 94.6 Å². The van der Waals surface area contributed by atoms with Crippen LogP contribution >= 0.6 is 0 Å². The third-order valence-electron chi connectivity index (χ3n) is 2.75. The molecule has 0 aliphatic rings. The molecule has 0 aliphatic heterocycles. The summed E-state index contributed by atoms with van der Waals surface area (Å²) in [5.74, 6) is -0.164. The average molecular weight is 221 g/mol. The van der Waals surface area contributed by atoms with E-state index in [1.807, 2.05) is 19.1 Å². The first kappa shape index (κ1) is 11.1. The fourth-order valence-electron chi connectivity index (χ4n) is 2.00. The number of aryl methyl sites for hydroxylation is 1. The van der Waals surface area contributed by atoms with Crippen LogP contribution in [0.15, 0.2) is 24.3 Å². The number of nitrogens with zero attached hydrogens (tertiary/aromatic N) is 1. The van der Waals surface area contributed by atoms with Gasteiger partial charge in [-0.05, 0) is 32.0 Å². The van der Waals surface area contributed by atoms with Gasteiger partial charge in [-0.2, -0.15) is 0 Å². The van der Waals surface area contributed by atoms with Crippen molar-refractivity contribution in [3.63, 3.8) is 0 Å². The second-order valence-corrected chi connectivity index (χ2v) is 3.69. The van der Waals surface area contributed by atoms with Crippen molar-refractivity contribution in [3.8, 4) is 0 Å². The van der Waals surface area contributed by atoms with Gasteiger partial charge in [-0.1, -0.05) is 6.07 Å². The normalized spacial score (nSPS) is 11.2. The van der Waals surface area contributed by atoms with Gasteiger partial charge in [0.05, 0.1) is 12.1 Å². The molecule has 16 heavy (non-hydrogen) atoms. The Morgan fingerprint density at radius 2 is 2.12 bits per heavy atom. The van der Waals surface area contributed by atoms with Gasteiger partial charge in [-0.15, -0.1) is 0 Å². The molecule has 1 aromatic heterocycles. The lowest BCUT2D eigenvalue weighted by Gasteiger charge is -2.07. The van der Waals surface area contributed by atoms with Gasteiger partial charge in [-0.25, -0.2) is 4.39 Å². The molecule has 0 saturated carbocycles. The number of ether oxygens (including phenoxy) is 1. The zero-order chi connectivity index (χ0) is 11.5. The van der Waals surface area contributed by atoms with E-state index in [2.05, 4.69) is 11.5 Å². The molecule has 0 amide bonds. The molecule has 0 fully saturated rings. The van der Waals surface area contributed by atoms with Crippen LogP contribution in [0.5, 0.6) is 0 Å². The van der Waals surface area contributed by atoms with Crippen LogP contribution in [0.4, 0.5) is 4.39 Å². The maximum absolute atomic E-state index is 13.6. The molecule has 2 aromatic rings. The van der Waals surface area contributed by atoms with Gasteiger partial charge in [0, 0.05) is 24.2 Å². The van der Waals surface area contributed by atoms with Gasteiger partial charge < -0.3 is 9.30 Å². The number of halogens is 1. The van der Waals surface area contributed by atoms with E-state index in [1.165, 1.54) is 6.07 Å². The summed E-state index contributed by atoms with van der Waals surface area (Å²) in [5.41, 5.74) is 1.97. The molecule has 0 N–H and O–H groups in total. The Morgan fingerprint density at radius 3 is 2.81 bits per heavy atom. The molecule has 3 heteroatoms. The fraction of sp³-hybridized carbons (Fsp3) is 0.385. The highest BCUT2D eigenvalue weighted by Gasteiger charge is 2.10. The van der Waals surface area contributed by atoms with Crippen molar-refractivity contribution in [1.82, 2.24) is 4.57 Å². The summed E-state index contributed by atoms with van der Waals surface area (Å²) in [4.78, 5) is 0. The smallest absolute Gasteiger partial charge is 0.132 e. The summed E-state index contributed by atoms with van der Waals surface area (Å²) < 4.78 is 21.1. The van der Waals surface area contributed by atoms with E-state index in [1.54, 1.807) is 6.07 Å². The molecule has 0 spiro atoms. The van der Waals surface area contributed by atoms with Crippen LogP contribution in [0.3, 0.4) is 0 Å². The lowest BCUT2D eigenvalue weighted by Crippen LogP contribution is -2.02. The third-order valence-corrected chi connectivity index (χ3v) is 2.75. The highest BCUT2D eigenvalue weighted by molar-refractivity contribution is 5.82. The summed E-state index contributed by atoms with van der Waals surface area (Å²) in [7, 11) is 0. The third kappa shape index (κ3) is 1.83. The molecule has 0 saturated heterocycles. The van der Waals surface area contributed by atoms with Gasteiger partial charge in [-0.3, -0.25) is 0 Å². The Morgan fingerprint density at radius 1 is 1.31 bits per heavy atom. The van der Waals surface area contributed by atoms with E-state index >= 15 is 0 Å². The van der Waals surface area contributed by atoms with Crippen LogP contribution in [-0.4, -0.2) is 11.2 Å². The first-order valence-corrected chi connectivity index (χ1v) is 5.62. The van der Waals surface area contributed by atoms with E-state index in [9.17, 15) is 4.39 Å². The van der Waals surface area contributed by atoms with Crippen molar-refractivity contribution >= 4 is 10.9 Å². The van der Waals surface area contributed by atoms with E-state index in [0.717, 1.165) is 17.8 Å². The number of aromatic nitrogens is 1. The highest BCUT2D eigenvalue weighted by atomic mass is 19.1. The monoisotopic (exact) mass is 221 g/mol. The molecule has 0 unspecified atom stereocenters. The average Bonchev–Trinajstić information content (AvgIpc) is 2.65. The lowest BCUT2D eigenvalue weighted by atomic mass is 10.2. The minimum Gasteiger partial charge on any atom is -0.376 e. The van der Waals surface area contributed by atoms with Crippen molar-refractivity contribution in [2.45, 2.75) is 27.0 Å². The second-order valence-electron chi connectivity index (χ2n) is 3.69. The topological polar surface area (TPSA) is 14.2 Å². The SMILES string of the molecule is CCOCc1cc2c(F)cccc2n1CC. The number of benzene rings is 1. The van der Waals surface area contributed by atoms with Crippen LogP contribution in [0, 0.1) is 5.82 Å². The molecule has 0 aliphatic carbocycles. The number of hydrogen-bond acceptors (Lipinski definition) is 1. The van der Waals surface area contributed by atoms with Gasteiger partial charge in [0.15, 0.2) is 0 Å². The summed E-state index contributed by atoms with van der Waals surface area (Å²) in [6.07, 6.45) is 0. The Balaban J connectivity index is 2.52. The minimum absolute atomic E-state index is 0.164. The molecular formula is C13H16FNO. The molecular weight excluding hydrogens is 205 g/mol. The Bertz CT molecular complexity index is 490. The first-order chi connectivity index (χ1) is 7.77. The molecule has 0 radical (unpaired) electrons. The van der Waals surface area contributed by atoms with E-state index in [-0.39, 0.29) is 5.82 Å². The van der Waals surface area contributed by atoms with E-state index < -0.39 is 0 Å². The van der Waals surface area contributed by atoms with Crippen LogP contribution in [0.25, 0.3) is 10.9 Å². The molecule has 1 aromatic carbocycles. The maximum Gasteiger partial charge on any atom is 0.132 e. The molecule has 86 valence electrons. The first-order valence-electron chi connectivity index (χ1n) is 5.62. The summed E-state index contributed by atoms with van der Waals surface area (Å²) in [6, 6.07) is 7.06. The quantitative estimate of drug-likeness (QED) is 0.772. The zero-order valence-corrected chi connectivity index (χ0v) is 9.66. The Hall–Kier alpha value is -1.35. The molecule has 0 bridgehead atoms. The largest absolute Gasteiger partial charge is 0.376 e. The summed E-state index contributed by atoms with van der Waals surface area (Å²) >= 11 is 0. The van der Waals surface area contributed by atoms with Crippen LogP contribution in [0.1, 0.15) is 19.5 Å². The lowest BCUT2D eigenvalue weighted by molar-refractivity contribution is 0.129. The van der Waals surface area contributed by atoms with Crippen LogP contribution in [-0.2, 0) is 17.9 Å². The van der Waals surface area contributed by atoms with Crippen molar-refractivity contribution < 1.29 is 9.13 Å². The van der Waals surface area contributed by atoms with Crippen molar-refractivity contribution in [3.05, 3.63) is 35.8 Å². The number of fused-ring (bicyclic) bond motifs is 1. The minimum atomic E-state index is -0.164. The standard InChI is InChI=1S/C13H16FNO/c1-3-15-10(9-16-4-2)8-11-12(14)6-5-7-13(11)15/h5-8H,3-4,9H2,1-2H3. The van der Waals surface area contributed by atoms with E-state index in [0.29, 0.717) is 18.6 Å². The molecule has 0 atom stereocenters. The highest BCUT2D eigenvalue weighted by Crippen LogP contribution is 2.23. The van der Waals surface area contributed by atoms with Gasteiger partial charge in [0.25, 0.3) is 0 Å². The molecule has 2 rings (SSSR count). The van der Waals surface area contributed by atoms with Gasteiger partial charge in [0.1, 0.15) is 5.82 Å². The van der Waals surface area contributed by atoms with Crippen LogP contribution in [0.2, 0.25) is 0 Å². The predicted octanol–water partition coefficient (Wildman–Crippen LogP) is 3.34. The summed E-state index contributed by atoms with van der Waals surface area (Å²) in [6.45, 7) is 6.06. The van der Waals surface area contributed by atoms with Gasteiger partial charge in [0.2, 0.25) is 0 Å². The summed E-state index contributed by atoms with van der Waals surface area (Å²) in [5, 5.41) is 0.680. The Kier molecular flexibility index (Phi) is 3.25. The van der Waals surface area contributed by atoms with Gasteiger partial charge >= 0.3 is 0 Å². The molecule has 2 nitrogen and oxygen atoms in total. The predicted molar refractivity (Wildman–Crippen MR) is 62.9 cm³/mol. The van der Waals surface area contributed by atoms with E-state index in [4.69, 9.17) is 4.74 Å². The fourth-order valence-corrected chi connectivity index (χ4v) is 2.00. The van der Waals surface area contributed by atoms with Crippen molar-refractivity contribution in [2.24, 2.45) is 0 Å². The van der Waals surface area contributed by atoms with Crippen molar-refractivity contribution in [2.75, 3.05) is 6.61 Å². The maximum atomic E-state index is 13.6. The molecule has 1 heterocycles. The number of hydrogen-bond donors (Lipinski definition) is 0. The second kappa shape index (κ2) is 4.66.